The Morgan fingerprint density at radius 1 is 1.04 bits per heavy atom. The molecule has 1 fully saturated rings. The highest BCUT2D eigenvalue weighted by Gasteiger charge is 2.48. The van der Waals surface area contributed by atoms with Gasteiger partial charge in [0.1, 0.15) is 0 Å². The molecule has 2 aromatic rings. The summed E-state index contributed by atoms with van der Waals surface area (Å²) in [5.41, 5.74) is 3.02. The van der Waals surface area contributed by atoms with Crippen LogP contribution in [0.25, 0.3) is 0 Å². The van der Waals surface area contributed by atoms with Gasteiger partial charge in [-0.25, -0.2) is 13.1 Å². The Kier molecular flexibility index (Phi) is 4.03. The van der Waals surface area contributed by atoms with Crippen LogP contribution in [0.5, 0.6) is 0 Å². The maximum absolute atomic E-state index is 13.0. The molecule has 0 atom stereocenters. The van der Waals surface area contributed by atoms with Crippen molar-refractivity contribution in [3.63, 3.8) is 0 Å². The van der Waals surface area contributed by atoms with E-state index in [2.05, 4.69) is 4.72 Å². The normalized spacial score (nSPS) is 16.3. The zero-order valence-electron chi connectivity index (χ0n) is 13.5. The minimum atomic E-state index is -3.59. The van der Waals surface area contributed by atoms with Crippen LogP contribution in [0, 0.1) is 20.8 Å². The highest BCUT2D eigenvalue weighted by atomic mass is 35.5. The van der Waals surface area contributed by atoms with E-state index < -0.39 is 15.6 Å². The quantitative estimate of drug-likeness (QED) is 0.897. The van der Waals surface area contributed by atoms with Crippen LogP contribution in [0.15, 0.2) is 41.3 Å². The molecular weight excluding hydrogens is 330 g/mol. The lowest BCUT2D eigenvalue weighted by Gasteiger charge is -2.20. The van der Waals surface area contributed by atoms with E-state index in [9.17, 15) is 8.42 Å². The van der Waals surface area contributed by atoms with E-state index in [1.807, 2.05) is 51.1 Å². The zero-order valence-corrected chi connectivity index (χ0v) is 15.1. The number of aryl methyl sites for hydroxylation is 3. The van der Waals surface area contributed by atoms with Gasteiger partial charge in [0.05, 0.1) is 10.4 Å². The molecule has 23 heavy (non-hydrogen) atoms. The van der Waals surface area contributed by atoms with Gasteiger partial charge in [0.15, 0.2) is 0 Å². The van der Waals surface area contributed by atoms with Gasteiger partial charge in [-0.1, -0.05) is 41.4 Å². The van der Waals surface area contributed by atoms with E-state index in [1.54, 1.807) is 6.07 Å². The molecule has 0 amide bonds. The first kappa shape index (κ1) is 16.5. The van der Waals surface area contributed by atoms with Crippen molar-refractivity contribution >= 4 is 21.6 Å². The summed E-state index contributed by atoms with van der Waals surface area (Å²) in [6, 6.07) is 11.2. The molecule has 0 saturated heterocycles. The molecule has 5 heteroatoms. The van der Waals surface area contributed by atoms with Crippen molar-refractivity contribution in [1.29, 1.82) is 0 Å². The van der Waals surface area contributed by atoms with E-state index in [0.29, 0.717) is 9.92 Å². The molecule has 122 valence electrons. The third-order valence-corrected chi connectivity index (χ3v) is 6.41. The molecule has 0 aromatic heterocycles. The Bertz CT molecular complexity index is 847. The second-order valence-electron chi connectivity index (χ2n) is 6.43. The molecule has 0 radical (unpaired) electrons. The third-order valence-electron chi connectivity index (χ3n) is 4.33. The topological polar surface area (TPSA) is 46.2 Å². The van der Waals surface area contributed by atoms with E-state index >= 15 is 0 Å². The van der Waals surface area contributed by atoms with Gasteiger partial charge in [0.2, 0.25) is 10.0 Å². The second-order valence-corrected chi connectivity index (χ2v) is 8.48. The highest BCUT2D eigenvalue weighted by molar-refractivity contribution is 7.89. The fraction of sp³-hybridized carbons (Fsp3) is 0.333. The molecule has 0 bridgehead atoms. The van der Waals surface area contributed by atoms with Gasteiger partial charge in [-0.2, -0.15) is 0 Å². The Labute approximate surface area is 142 Å². The van der Waals surface area contributed by atoms with Crippen molar-refractivity contribution in [3.05, 3.63) is 63.7 Å². The van der Waals surface area contributed by atoms with Crippen molar-refractivity contribution in [2.75, 3.05) is 0 Å². The molecule has 1 aliphatic carbocycles. The summed E-state index contributed by atoms with van der Waals surface area (Å²) in [5, 5.41) is 0.621. The number of hydrogen-bond donors (Lipinski definition) is 1. The molecule has 0 aliphatic heterocycles. The third kappa shape index (κ3) is 3.16. The van der Waals surface area contributed by atoms with E-state index in [0.717, 1.165) is 35.1 Å². The average molecular weight is 350 g/mol. The minimum absolute atomic E-state index is 0.386. The molecule has 1 aliphatic rings. The Morgan fingerprint density at radius 3 is 2.17 bits per heavy atom. The van der Waals surface area contributed by atoms with Crippen LogP contribution in [-0.4, -0.2) is 8.42 Å². The van der Waals surface area contributed by atoms with E-state index in [4.69, 9.17) is 11.6 Å². The Morgan fingerprint density at radius 2 is 1.65 bits per heavy atom. The van der Waals surface area contributed by atoms with Gasteiger partial charge < -0.3 is 0 Å². The van der Waals surface area contributed by atoms with Crippen LogP contribution in [-0.2, 0) is 15.6 Å². The number of rotatable bonds is 4. The predicted molar refractivity (Wildman–Crippen MR) is 93.3 cm³/mol. The van der Waals surface area contributed by atoms with Gasteiger partial charge in [0, 0.05) is 5.02 Å². The van der Waals surface area contributed by atoms with Crippen LogP contribution in [0.3, 0.4) is 0 Å². The van der Waals surface area contributed by atoms with Crippen LogP contribution < -0.4 is 4.72 Å². The molecule has 1 saturated carbocycles. The number of sulfonamides is 1. The zero-order chi connectivity index (χ0) is 16.8. The number of nitrogens with one attached hydrogen (secondary N) is 1. The van der Waals surface area contributed by atoms with Gasteiger partial charge in [-0.3, -0.25) is 0 Å². The van der Waals surface area contributed by atoms with Crippen LogP contribution in [0.1, 0.15) is 35.1 Å². The maximum atomic E-state index is 13.0. The summed E-state index contributed by atoms with van der Waals surface area (Å²) < 4.78 is 28.8. The molecule has 1 N–H and O–H groups in total. The summed E-state index contributed by atoms with van der Waals surface area (Å²) in [7, 11) is -3.59. The van der Waals surface area contributed by atoms with Gasteiger partial charge in [-0.05, 0) is 62.4 Å². The smallest absolute Gasteiger partial charge is 0.207 e. The average Bonchev–Trinajstić information content (AvgIpc) is 3.17. The fourth-order valence-electron chi connectivity index (χ4n) is 3.26. The van der Waals surface area contributed by atoms with Gasteiger partial charge in [0.25, 0.3) is 0 Å². The largest absolute Gasteiger partial charge is 0.241 e. The predicted octanol–water partition coefficient (Wildman–Crippen LogP) is 4.23. The highest BCUT2D eigenvalue weighted by Crippen LogP contribution is 2.47. The number of hydrogen-bond acceptors (Lipinski definition) is 2. The fourth-order valence-corrected chi connectivity index (χ4v) is 5.35. The summed E-state index contributed by atoms with van der Waals surface area (Å²) in [6.07, 6.45) is 1.58. The van der Waals surface area contributed by atoms with Crippen molar-refractivity contribution in [2.45, 2.75) is 44.0 Å². The first-order valence-electron chi connectivity index (χ1n) is 7.61. The SMILES string of the molecule is Cc1cc(C)c(S(=O)(=O)NC2(c3cccc(Cl)c3)CC2)c(C)c1. The molecule has 2 aromatic carbocycles. The maximum Gasteiger partial charge on any atom is 0.241 e. The molecule has 0 spiro atoms. The molecule has 3 rings (SSSR count). The van der Waals surface area contributed by atoms with Crippen LogP contribution >= 0.6 is 11.6 Å². The van der Waals surface area contributed by atoms with Crippen LogP contribution in [0.4, 0.5) is 0 Å². The van der Waals surface area contributed by atoms with Crippen molar-refractivity contribution in [3.8, 4) is 0 Å². The Balaban J connectivity index is 2.00. The van der Waals surface area contributed by atoms with Crippen LogP contribution in [0.2, 0.25) is 5.02 Å². The standard InChI is InChI=1S/C18H20ClNO2S/c1-12-9-13(2)17(14(3)10-12)23(21,22)20-18(7-8-18)15-5-4-6-16(19)11-15/h4-6,9-11,20H,7-8H2,1-3H3. The van der Waals surface area contributed by atoms with Gasteiger partial charge >= 0.3 is 0 Å². The lowest BCUT2D eigenvalue weighted by atomic mass is 10.1. The molecular formula is C18H20ClNO2S. The number of benzene rings is 2. The second kappa shape index (κ2) is 5.62. The summed E-state index contributed by atoms with van der Waals surface area (Å²) in [4.78, 5) is 0.386. The van der Waals surface area contributed by atoms with E-state index in [1.165, 1.54) is 0 Å². The summed E-state index contributed by atoms with van der Waals surface area (Å²) in [5.74, 6) is 0. The summed E-state index contributed by atoms with van der Waals surface area (Å²) in [6.45, 7) is 5.65. The first-order valence-corrected chi connectivity index (χ1v) is 9.47. The van der Waals surface area contributed by atoms with Crippen molar-refractivity contribution in [1.82, 2.24) is 4.72 Å². The first-order chi connectivity index (χ1) is 10.7. The molecule has 0 unspecified atom stereocenters. The lowest BCUT2D eigenvalue weighted by molar-refractivity contribution is 0.550. The monoisotopic (exact) mass is 349 g/mol. The van der Waals surface area contributed by atoms with E-state index in [-0.39, 0.29) is 0 Å². The minimum Gasteiger partial charge on any atom is -0.207 e. The Hall–Kier alpha value is -1.36. The lowest BCUT2D eigenvalue weighted by Crippen LogP contribution is -2.35. The molecule has 3 nitrogen and oxygen atoms in total. The van der Waals surface area contributed by atoms with Crippen molar-refractivity contribution in [2.24, 2.45) is 0 Å². The van der Waals surface area contributed by atoms with Crippen molar-refractivity contribution < 1.29 is 8.42 Å². The van der Waals surface area contributed by atoms with Gasteiger partial charge in [-0.15, -0.1) is 0 Å². The summed E-state index contributed by atoms with van der Waals surface area (Å²) >= 11 is 6.06. The molecule has 0 heterocycles. The number of halogens is 1.